The van der Waals surface area contributed by atoms with E-state index in [9.17, 15) is 10.1 Å². The van der Waals surface area contributed by atoms with Gasteiger partial charge in [0, 0.05) is 36.4 Å². The summed E-state index contributed by atoms with van der Waals surface area (Å²) in [5.41, 5.74) is 2.30. The number of dihydropyridines is 1. The van der Waals surface area contributed by atoms with Gasteiger partial charge in [-0.1, -0.05) is 19.9 Å². The summed E-state index contributed by atoms with van der Waals surface area (Å²) in [7, 11) is 0. The molecule has 2 aliphatic rings. The Kier molecular flexibility index (Phi) is 3.26. The molecular weight excluding hydrogens is 230 g/mol. The molecule has 5 nitrogen and oxygen atoms in total. The first-order valence-electron chi connectivity index (χ1n) is 6.16. The van der Waals surface area contributed by atoms with Crippen molar-refractivity contribution >= 4 is 0 Å². The number of nitrogens with one attached hydrogen (secondary N) is 2. The Morgan fingerprint density at radius 1 is 1.50 bits per heavy atom. The summed E-state index contributed by atoms with van der Waals surface area (Å²) in [5.74, 6) is 0. The zero-order valence-electron chi connectivity index (χ0n) is 11.0. The van der Waals surface area contributed by atoms with E-state index in [2.05, 4.69) is 30.6 Å². The topological polar surface area (TPSA) is 67.2 Å². The van der Waals surface area contributed by atoms with Crippen molar-refractivity contribution in [1.29, 1.82) is 0 Å². The van der Waals surface area contributed by atoms with Crippen LogP contribution in [0.1, 0.15) is 20.8 Å². The molecule has 0 aromatic carbocycles. The number of nitro groups is 1. The van der Waals surface area contributed by atoms with Crippen LogP contribution in [0.2, 0.25) is 0 Å². The van der Waals surface area contributed by atoms with E-state index in [1.165, 1.54) is 5.57 Å². The zero-order valence-corrected chi connectivity index (χ0v) is 11.0. The molecular formula is C13H19N3O2. The molecule has 2 aliphatic heterocycles. The predicted octanol–water partition coefficient (Wildman–Crippen LogP) is 1.58. The Hall–Kier alpha value is -1.62. The highest BCUT2D eigenvalue weighted by atomic mass is 16.6. The van der Waals surface area contributed by atoms with E-state index in [-0.39, 0.29) is 22.1 Å². The highest BCUT2D eigenvalue weighted by Gasteiger charge is 2.31. The summed E-state index contributed by atoms with van der Waals surface area (Å²) in [6, 6.07) is -0.242. The second kappa shape index (κ2) is 4.57. The maximum atomic E-state index is 11.0. The lowest BCUT2D eigenvalue weighted by Gasteiger charge is -2.34. The molecule has 0 bridgehead atoms. The van der Waals surface area contributed by atoms with Crippen LogP contribution in [0.15, 0.2) is 35.2 Å². The van der Waals surface area contributed by atoms with Crippen LogP contribution < -0.4 is 10.6 Å². The summed E-state index contributed by atoms with van der Waals surface area (Å²) >= 11 is 0. The number of allylic oxidation sites excluding steroid dienone is 2. The molecule has 0 aliphatic carbocycles. The van der Waals surface area contributed by atoms with Gasteiger partial charge in [-0.15, -0.1) is 0 Å². The summed E-state index contributed by atoms with van der Waals surface area (Å²) in [4.78, 5) is 10.7. The van der Waals surface area contributed by atoms with E-state index < -0.39 is 0 Å². The molecule has 0 aromatic rings. The van der Waals surface area contributed by atoms with Crippen molar-refractivity contribution in [1.82, 2.24) is 10.6 Å². The van der Waals surface area contributed by atoms with Crippen LogP contribution in [0.4, 0.5) is 0 Å². The fourth-order valence-electron chi connectivity index (χ4n) is 2.43. The van der Waals surface area contributed by atoms with Crippen LogP contribution in [0, 0.1) is 15.5 Å². The SMILES string of the molecule is CC1NC=C(C2=CCNCC2(C)C)C=C1[N+](=O)[O-]. The van der Waals surface area contributed by atoms with Gasteiger partial charge in [0.25, 0.3) is 5.70 Å². The minimum absolute atomic E-state index is 0.00937. The summed E-state index contributed by atoms with van der Waals surface area (Å²) in [6.07, 6.45) is 5.69. The van der Waals surface area contributed by atoms with Crippen LogP contribution in [-0.4, -0.2) is 24.1 Å². The number of hydrogen-bond acceptors (Lipinski definition) is 4. The smallest absolute Gasteiger partial charge is 0.268 e. The molecule has 1 atom stereocenters. The van der Waals surface area contributed by atoms with Crippen LogP contribution >= 0.6 is 0 Å². The van der Waals surface area contributed by atoms with Crippen LogP contribution in [0.3, 0.4) is 0 Å². The molecule has 1 unspecified atom stereocenters. The molecule has 0 spiro atoms. The zero-order chi connectivity index (χ0) is 13.3. The third-order valence-corrected chi connectivity index (χ3v) is 3.50. The van der Waals surface area contributed by atoms with E-state index in [1.807, 2.05) is 6.20 Å². The third kappa shape index (κ3) is 2.31. The largest absolute Gasteiger partial charge is 0.378 e. The maximum absolute atomic E-state index is 11.0. The third-order valence-electron chi connectivity index (χ3n) is 3.50. The minimum atomic E-state index is -0.306. The average Bonchev–Trinajstić information content (AvgIpc) is 2.29. The summed E-state index contributed by atoms with van der Waals surface area (Å²) in [6.45, 7) is 7.78. The summed E-state index contributed by atoms with van der Waals surface area (Å²) in [5, 5.41) is 17.4. The van der Waals surface area contributed by atoms with Gasteiger partial charge in [0.1, 0.15) is 6.04 Å². The monoisotopic (exact) mass is 249 g/mol. The van der Waals surface area contributed by atoms with E-state index >= 15 is 0 Å². The quantitative estimate of drug-likeness (QED) is 0.576. The standard InChI is InChI=1S/C13H19N3O2/c1-9-12(16(17)18)6-10(7-15-9)11-4-5-14-8-13(11,2)3/h4,6-7,9,14-15H,5,8H2,1-3H3. The Morgan fingerprint density at radius 2 is 2.22 bits per heavy atom. The lowest BCUT2D eigenvalue weighted by molar-refractivity contribution is -0.430. The van der Waals surface area contributed by atoms with Gasteiger partial charge in [0.2, 0.25) is 0 Å². The van der Waals surface area contributed by atoms with Gasteiger partial charge in [0.15, 0.2) is 0 Å². The highest BCUT2D eigenvalue weighted by molar-refractivity contribution is 5.47. The Balaban J connectivity index is 2.35. The van der Waals surface area contributed by atoms with Crippen molar-refractivity contribution in [3.05, 3.63) is 45.3 Å². The van der Waals surface area contributed by atoms with Crippen molar-refractivity contribution in [2.24, 2.45) is 5.41 Å². The van der Waals surface area contributed by atoms with Crippen LogP contribution in [-0.2, 0) is 0 Å². The van der Waals surface area contributed by atoms with Gasteiger partial charge in [0.05, 0.1) is 4.92 Å². The molecule has 18 heavy (non-hydrogen) atoms. The molecule has 2 rings (SSSR count). The number of hydrogen-bond donors (Lipinski definition) is 2. The Bertz CT molecular complexity index is 461. The fourth-order valence-corrected chi connectivity index (χ4v) is 2.43. The van der Waals surface area contributed by atoms with Crippen molar-refractivity contribution in [2.75, 3.05) is 13.1 Å². The molecule has 0 saturated carbocycles. The molecule has 0 amide bonds. The fraction of sp³-hybridized carbons (Fsp3) is 0.538. The van der Waals surface area contributed by atoms with Crippen molar-refractivity contribution < 1.29 is 4.92 Å². The van der Waals surface area contributed by atoms with E-state index in [0.29, 0.717) is 0 Å². The van der Waals surface area contributed by atoms with Gasteiger partial charge in [-0.25, -0.2) is 0 Å². The van der Waals surface area contributed by atoms with Gasteiger partial charge >= 0.3 is 0 Å². The Morgan fingerprint density at radius 3 is 2.83 bits per heavy atom. The molecule has 2 N–H and O–H groups in total. The molecule has 98 valence electrons. The molecule has 0 saturated heterocycles. The second-order valence-electron chi connectivity index (χ2n) is 5.45. The van der Waals surface area contributed by atoms with E-state index in [0.717, 1.165) is 18.7 Å². The Labute approximate surface area is 107 Å². The normalized spacial score (nSPS) is 26.6. The van der Waals surface area contributed by atoms with Gasteiger partial charge < -0.3 is 10.6 Å². The average molecular weight is 249 g/mol. The van der Waals surface area contributed by atoms with Crippen LogP contribution in [0.5, 0.6) is 0 Å². The maximum Gasteiger partial charge on any atom is 0.268 e. The van der Waals surface area contributed by atoms with E-state index in [4.69, 9.17) is 0 Å². The van der Waals surface area contributed by atoms with E-state index in [1.54, 1.807) is 13.0 Å². The lowest BCUT2D eigenvalue weighted by Crippen LogP contribution is -2.38. The number of nitrogens with zero attached hydrogens (tertiary/aromatic N) is 1. The highest BCUT2D eigenvalue weighted by Crippen LogP contribution is 2.35. The van der Waals surface area contributed by atoms with Gasteiger partial charge in [-0.2, -0.15) is 0 Å². The lowest BCUT2D eigenvalue weighted by atomic mass is 9.77. The van der Waals surface area contributed by atoms with Crippen molar-refractivity contribution in [3.8, 4) is 0 Å². The molecule has 0 fully saturated rings. The summed E-state index contributed by atoms with van der Waals surface area (Å²) < 4.78 is 0. The number of rotatable bonds is 2. The van der Waals surface area contributed by atoms with Gasteiger partial charge in [-0.3, -0.25) is 10.1 Å². The molecule has 0 aromatic heterocycles. The van der Waals surface area contributed by atoms with Gasteiger partial charge in [-0.05, 0) is 12.5 Å². The first kappa shape index (κ1) is 12.8. The second-order valence-corrected chi connectivity index (χ2v) is 5.45. The molecule has 5 heteroatoms. The minimum Gasteiger partial charge on any atom is -0.378 e. The van der Waals surface area contributed by atoms with Crippen molar-refractivity contribution in [2.45, 2.75) is 26.8 Å². The first-order valence-corrected chi connectivity index (χ1v) is 6.16. The van der Waals surface area contributed by atoms with Crippen molar-refractivity contribution in [3.63, 3.8) is 0 Å². The molecule has 0 radical (unpaired) electrons. The first-order chi connectivity index (χ1) is 8.42. The predicted molar refractivity (Wildman–Crippen MR) is 70.5 cm³/mol. The molecule has 2 heterocycles. The van der Waals surface area contributed by atoms with Crippen LogP contribution in [0.25, 0.3) is 0 Å².